The van der Waals surface area contributed by atoms with Crippen LogP contribution in [0.5, 0.6) is 11.5 Å². The quantitative estimate of drug-likeness (QED) is 0.210. The summed E-state index contributed by atoms with van der Waals surface area (Å²) in [6.45, 7) is 7.80. The molecule has 7 heteroatoms. The fourth-order valence-corrected chi connectivity index (χ4v) is 5.20. The van der Waals surface area contributed by atoms with Gasteiger partial charge in [0.1, 0.15) is 22.0 Å². The number of phenolic OH excluding ortho intramolecular Hbond substituents is 2. The summed E-state index contributed by atoms with van der Waals surface area (Å²) in [5.74, 6) is 1.02. The molecule has 0 aliphatic carbocycles. The molecule has 182 valence electrons. The van der Waals surface area contributed by atoms with E-state index in [9.17, 15) is 10.2 Å². The number of aryl methyl sites for hydroxylation is 4. The molecule has 4 aromatic carbocycles. The molecule has 0 fully saturated rings. The van der Waals surface area contributed by atoms with Crippen LogP contribution >= 0.6 is 11.3 Å². The summed E-state index contributed by atoms with van der Waals surface area (Å²) in [7, 11) is 0. The van der Waals surface area contributed by atoms with Crippen LogP contribution in [0.1, 0.15) is 22.3 Å². The van der Waals surface area contributed by atoms with Gasteiger partial charge in [-0.2, -0.15) is 0 Å². The van der Waals surface area contributed by atoms with Gasteiger partial charge in [0.05, 0.1) is 21.3 Å². The third kappa shape index (κ3) is 5.43. The number of aromatic nitrogens is 2. The Morgan fingerprint density at radius 2 is 1.24 bits per heavy atom. The normalized spacial score (nSPS) is 10.7. The molecule has 37 heavy (non-hydrogen) atoms. The van der Waals surface area contributed by atoms with Crippen LogP contribution in [-0.4, -0.2) is 20.2 Å². The molecule has 0 aliphatic heterocycles. The van der Waals surface area contributed by atoms with Gasteiger partial charge >= 0.3 is 0 Å². The number of para-hydroxylation sites is 3. The van der Waals surface area contributed by atoms with Crippen LogP contribution in [0.3, 0.4) is 0 Å². The second kappa shape index (κ2) is 10.8. The summed E-state index contributed by atoms with van der Waals surface area (Å²) in [6, 6.07) is 23.4. The fourth-order valence-electron chi connectivity index (χ4n) is 4.22. The molecule has 6 aromatic rings. The predicted molar refractivity (Wildman–Crippen MR) is 147 cm³/mol. The van der Waals surface area contributed by atoms with E-state index in [1.807, 2.05) is 94.4 Å². The molecule has 2 aromatic heterocycles. The summed E-state index contributed by atoms with van der Waals surface area (Å²) < 4.78 is 6.82. The first-order valence-electron chi connectivity index (χ1n) is 11.6. The SMILES string of the molecule is Cc1cc(C)c(O)c(-c2nc3ccccc3o2)c1.Cc1cc(C)c(O)c(-c2nc3ccccc3s2)c1.[Zn]. The summed E-state index contributed by atoms with van der Waals surface area (Å²) >= 11 is 1.61. The zero-order valence-electron chi connectivity index (χ0n) is 21.2. The van der Waals surface area contributed by atoms with E-state index in [2.05, 4.69) is 16.0 Å². The van der Waals surface area contributed by atoms with E-state index >= 15 is 0 Å². The van der Waals surface area contributed by atoms with E-state index in [0.29, 0.717) is 17.2 Å². The molecule has 5 nitrogen and oxygen atoms in total. The molecule has 2 N–H and O–H groups in total. The summed E-state index contributed by atoms with van der Waals surface area (Å²) in [6.07, 6.45) is 0. The number of rotatable bonds is 2. The maximum Gasteiger partial charge on any atom is 0.231 e. The van der Waals surface area contributed by atoms with Crippen LogP contribution < -0.4 is 0 Å². The van der Waals surface area contributed by atoms with Gasteiger partial charge < -0.3 is 14.6 Å². The van der Waals surface area contributed by atoms with Crippen molar-refractivity contribution in [3.05, 3.63) is 95.1 Å². The Hall–Kier alpha value is -3.54. The Kier molecular flexibility index (Phi) is 7.77. The number of fused-ring (bicyclic) bond motifs is 2. The van der Waals surface area contributed by atoms with Gasteiger partial charge in [-0.3, -0.25) is 0 Å². The minimum Gasteiger partial charge on any atom is -0.507 e. The number of phenols is 2. The third-order valence-electron chi connectivity index (χ3n) is 5.94. The molecule has 0 spiro atoms. The van der Waals surface area contributed by atoms with Crippen molar-refractivity contribution in [3.8, 4) is 33.5 Å². The predicted octanol–water partition coefficient (Wildman–Crippen LogP) is 8.10. The van der Waals surface area contributed by atoms with Gasteiger partial charge in [-0.15, -0.1) is 11.3 Å². The third-order valence-corrected chi connectivity index (χ3v) is 7.01. The van der Waals surface area contributed by atoms with E-state index in [1.54, 1.807) is 11.3 Å². The molecule has 0 saturated carbocycles. The van der Waals surface area contributed by atoms with Crippen molar-refractivity contribution >= 4 is 32.7 Å². The first-order chi connectivity index (χ1) is 17.3. The molecule has 0 bridgehead atoms. The number of benzene rings is 4. The van der Waals surface area contributed by atoms with E-state index in [-0.39, 0.29) is 25.2 Å². The molecule has 0 aliphatic rings. The number of aromatic hydroxyl groups is 2. The van der Waals surface area contributed by atoms with Crippen LogP contribution in [0.25, 0.3) is 43.3 Å². The van der Waals surface area contributed by atoms with Gasteiger partial charge in [-0.1, -0.05) is 36.4 Å². The van der Waals surface area contributed by atoms with E-state index in [1.165, 1.54) is 0 Å². The van der Waals surface area contributed by atoms with Crippen molar-refractivity contribution < 1.29 is 34.1 Å². The Morgan fingerprint density at radius 3 is 1.89 bits per heavy atom. The Labute approximate surface area is 232 Å². The van der Waals surface area contributed by atoms with Crippen molar-refractivity contribution in [2.24, 2.45) is 0 Å². The van der Waals surface area contributed by atoms with Crippen molar-refractivity contribution in [1.29, 1.82) is 0 Å². The molecule has 0 unspecified atom stereocenters. The van der Waals surface area contributed by atoms with Crippen molar-refractivity contribution in [2.75, 3.05) is 0 Å². The molecule has 0 saturated heterocycles. The van der Waals surface area contributed by atoms with Gasteiger partial charge in [0.2, 0.25) is 5.89 Å². The van der Waals surface area contributed by atoms with Gasteiger partial charge in [0.25, 0.3) is 0 Å². The van der Waals surface area contributed by atoms with Crippen LogP contribution in [-0.2, 0) is 19.5 Å². The van der Waals surface area contributed by atoms with Crippen molar-refractivity contribution in [3.63, 3.8) is 0 Å². The minimum absolute atomic E-state index is 0. The van der Waals surface area contributed by atoms with Gasteiger partial charge in [0.15, 0.2) is 5.58 Å². The second-order valence-electron chi connectivity index (χ2n) is 8.93. The van der Waals surface area contributed by atoms with Gasteiger partial charge in [-0.05, 0) is 86.3 Å². The van der Waals surface area contributed by atoms with Crippen molar-refractivity contribution in [2.45, 2.75) is 27.7 Å². The average molecular weight is 560 g/mol. The van der Waals surface area contributed by atoms with Crippen LogP contribution in [0.2, 0.25) is 0 Å². The maximum atomic E-state index is 10.2. The molecule has 0 atom stereocenters. The zero-order chi connectivity index (χ0) is 25.4. The summed E-state index contributed by atoms with van der Waals surface area (Å²) in [5, 5.41) is 21.1. The number of thiazole rings is 1. The largest absolute Gasteiger partial charge is 0.507 e. The molecular weight excluding hydrogens is 534 g/mol. The van der Waals surface area contributed by atoms with E-state index in [4.69, 9.17) is 4.42 Å². The van der Waals surface area contributed by atoms with E-state index < -0.39 is 0 Å². The number of nitrogens with zero attached hydrogens (tertiary/aromatic N) is 2. The topological polar surface area (TPSA) is 79.4 Å². The number of hydrogen-bond acceptors (Lipinski definition) is 6. The van der Waals surface area contributed by atoms with Gasteiger partial charge in [0, 0.05) is 19.5 Å². The molecular formula is C30H26N2O3SZn. The van der Waals surface area contributed by atoms with Crippen LogP contribution in [0.4, 0.5) is 0 Å². The summed E-state index contributed by atoms with van der Waals surface area (Å²) in [4.78, 5) is 8.98. The standard InChI is InChI=1S/C15H13NO2.C15H13NOS.Zn/c2*1-9-7-10(2)14(17)11(8-9)15-16-12-5-3-4-6-13(12)18-15;/h2*3-8,17H,1-2H3;. The molecule has 0 amide bonds. The molecule has 6 rings (SSSR count). The Bertz CT molecular complexity index is 1530. The van der Waals surface area contributed by atoms with Crippen LogP contribution in [0.15, 0.2) is 77.2 Å². The maximum absolute atomic E-state index is 10.2. The number of oxazole rings is 1. The first-order valence-corrected chi connectivity index (χ1v) is 12.4. The Morgan fingerprint density at radius 1 is 0.676 bits per heavy atom. The number of hydrogen-bond donors (Lipinski definition) is 2. The van der Waals surface area contributed by atoms with E-state index in [0.717, 1.165) is 54.1 Å². The second-order valence-corrected chi connectivity index (χ2v) is 9.96. The minimum atomic E-state index is 0. The summed E-state index contributed by atoms with van der Waals surface area (Å²) in [5.41, 5.74) is 7.91. The smallest absolute Gasteiger partial charge is 0.231 e. The monoisotopic (exact) mass is 558 g/mol. The van der Waals surface area contributed by atoms with Gasteiger partial charge in [-0.25, -0.2) is 9.97 Å². The molecule has 2 heterocycles. The average Bonchev–Trinajstić information content (AvgIpc) is 3.48. The van der Waals surface area contributed by atoms with Crippen molar-refractivity contribution in [1.82, 2.24) is 9.97 Å². The zero-order valence-corrected chi connectivity index (χ0v) is 25.0. The fraction of sp³-hybridized carbons (Fsp3) is 0.133. The Balaban J connectivity index is 0.000000168. The molecule has 0 radical (unpaired) electrons. The van der Waals surface area contributed by atoms with Crippen LogP contribution in [0, 0.1) is 27.7 Å². The first kappa shape index (κ1) is 26.5.